The number of aromatic nitrogens is 3. The summed E-state index contributed by atoms with van der Waals surface area (Å²) in [5, 5.41) is 11.1. The Morgan fingerprint density at radius 3 is 2.61 bits per heavy atom. The van der Waals surface area contributed by atoms with Crippen molar-refractivity contribution in [2.24, 2.45) is 0 Å². The van der Waals surface area contributed by atoms with Crippen LogP contribution >= 0.6 is 34.8 Å². The number of benzene rings is 1. The maximum atomic E-state index is 9.38. The molecule has 0 spiro atoms. The van der Waals surface area contributed by atoms with E-state index in [9.17, 15) is 5.11 Å². The Bertz CT molecular complexity index is 848. The minimum atomic E-state index is -0.155. The Hall–Kier alpha value is -1.59. The number of pyridine rings is 1. The first kappa shape index (κ1) is 16.3. The van der Waals surface area contributed by atoms with Crippen molar-refractivity contribution in [2.45, 2.75) is 13.2 Å². The number of hydrogen-bond acceptors (Lipinski definition) is 3. The van der Waals surface area contributed by atoms with E-state index in [4.69, 9.17) is 34.8 Å². The molecular weight excluding hydrogens is 357 g/mol. The maximum absolute atomic E-state index is 9.38. The molecule has 0 saturated carbocycles. The molecule has 4 nitrogen and oxygen atoms in total. The second kappa shape index (κ2) is 6.89. The zero-order valence-corrected chi connectivity index (χ0v) is 14.1. The van der Waals surface area contributed by atoms with Crippen LogP contribution in [0.3, 0.4) is 0 Å². The van der Waals surface area contributed by atoms with Gasteiger partial charge < -0.3 is 9.67 Å². The second-order valence-electron chi connectivity index (χ2n) is 4.97. The lowest BCUT2D eigenvalue weighted by Crippen LogP contribution is -2.02. The molecule has 0 fully saturated rings. The van der Waals surface area contributed by atoms with E-state index in [1.165, 1.54) is 0 Å². The molecule has 23 heavy (non-hydrogen) atoms. The second-order valence-corrected chi connectivity index (χ2v) is 6.25. The third-order valence-corrected chi connectivity index (χ3v) is 4.11. The molecule has 0 unspecified atom stereocenters. The van der Waals surface area contributed by atoms with Gasteiger partial charge in [-0.25, -0.2) is 4.98 Å². The Kier molecular flexibility index (Phi) is 4.87. The van der Waals surface area contributed by atoms with Gasteiger partial charge in [-0.1, -0.05) is 34.8 Å². The van der Waals surface area contributed by atoms with Gasteiger partial charge in [0.05, 0.1) is 23.9 Å². The number of imidazole rings is 1. The third kappa shape index (κ3) is 3.67. The van der Waals surface area contributed by atoms with Crippen LogP contribution in [0.15, 0.2) is 42.9 Å². The molecule has 3 aromatic rings. The van der Waals surface area contributed by atoms with Gasteiger partial charge in [0.1, 0.15) is 5.82 Å². The zero-order valence-electron chi connectivity index (χ0n) is 11.9. The van der Waals surface area contributed by atoms with Gasteiger partial charge in [0, 0.05) is 34.2 Å². The van der Waals surface area contributed by atoms with Crippen LogP contribution in [0.2, 0.25) is 15.1 Å². The fourth-order valence-electron chi connectivity index (χ4n) is 2.28. The minimum Gasteiger partial charge on any atom is -0.390 e. The number of hydrogen-bond donors (Lipinski definition) is 1. The topological polar surface area (TPSA) is 50.9 Å². The normalized spacial score (nSPS) is 11.0. The molecule has 0 radical (unpaired) electrons. The molecule has 0 atom stereocenters. The number of aliphatic hydroxyl groups excluding tert-OH is 1. The van der Waals surface area contributed by atoms with Crippen LogP contribution in [0, 0.1) is 0 Å². The highest BCUT2D eigenvalue weighted by Gasteiger charge is 2.13. The van der Waals surface area contributed by atoms with E-state index in [0.29, 0.717) is 33.1 Å². The summed E-state index contributed by atoms with van der Waals surface area (Å²) >= 11 is 18.3. The smallest absolute Gasteiger partial charge is 0.142 e. The summed E-state index contributed by atoms with van der Waals surface area (Å²) in [4.78, 5) is 8.51. The fraction of sp³-hybridized carbons (Fsp3) is 0.125. The van der Waals surface area contributed by atoms with Gasteiger partial charge in [0.25, 0.3) is 0 Å². The first-order valence-corrected chi connectivity index (χ1v) is 7.92. The van der Waals surface area contributed by atoms with Crippen molar-refractivity contribution in [3.8, 4) is 11.4 Å². The summed E-state index contributed by atoms with van der Waals surface area (Å²) in [7, 11) is 0. The molecule has 1 aromatic carbocycles. The predicted molar refractivity (Wildman–Crippen MR) is 92.0 cm³/mol. The molecule has 2 heterocycles. The highest BCUT2D eigenvalue weighted by molar-refractivity contribution is 6.33. The highest BCUT2D eigenvalue weighted by Crippen LogP contribution is 2.26. The molecular formula is C16H12Cl3N3O. The monoisotopic (exact) mass is 367 g/mol. The van der Waals surface area contributed by atoms with Crippen molar-refractivity contribution in [2.75, 3.05) is 0 Å². The maximum Gasteiger partial charge on any atom is 0.142 e. The molecule has 0 bridgehead atoms. The molecule has 0 amide bonds. The van der Waals surface area contributed by atoms with E-state index < -0.39 is 0 Å². The molecule has 118 valence electrons. The van der Waals surface area contributed by atoms with Crippen molar-refractivity contribution in [1.29, 1.82) is 0 Å². The Balaban J connectivity index is 2.05. The van der Waals surface area contributed by atoms with Crippen LogP contribution in [-0.2, 0) is 13.2 Å². The minimum absolute atomic E-state index is 0.155. The first-order chi connectivity index (χ1) is 11.1. The lowest BCUT2D eigenvalue weighted by atomic mass is 10.2. The molecule has 0 aliphatic carbocycles. The van der Waals surface area contributed by atoms with Crippen molar-refractivity contribution in [1.82, 2.24) is 14.5 Å². The van der Waals surface area contributed by atoms with Crippen molar-refractivity contribution < 1.29 is 5.11 Å². The Morgan fingerprint density at radius 1 is 1.04 bits per heavy atom. The van der Waals surface area contributed by atoms with Crippen LogP contribution in [0.1, 0.15) is 11.3 Å². The summed E-state index contributed by atoms with van der Waals surface area (Å²) in [6, 6.07) is 7.07. The summed E-state index contributed by atoms with van der Waals surface area (Å²) in [6.45, 7) is 0.311. The Labute approximate surface area is 148 Å². The summed E-state index contributed by atoms with van der Waals surface area (Å²) < 4.78 is 1.89. The van der Waals surface area contributed by atoms with Crippen LogP contribution in [0.5, 0.6) is 0 Å². The number of aliphatic hydroxyl groups is 1. The van der Waals surface area contributed by atoms with Crippen molar-refractivity contribution >= 4 is 34.8 Å². The van der Waals surface area contributed by atoms with E-state index in [-0.39, 0.29) is 6.61 Å². The van der Waals surface area contributed by atoms with Crippen molar-refractivity contribution in [3.05, 3.63) is 69.2 Å². The van der Waals surface area contributed by atoms with Crippen LogP contribution < -0.4 is 0 Å². The molecule has 0 aliphatic heterocycles. The molecule has 0 saturated heterocycles. The highest BCUT2D eigenvalue weighted by atomic mass is 35.5. The molecule has 2 aromatic heterocycles. The van der Waals surface area contributed by atoms with E-state index in [2.05, 4.69) is 9.97 Å². The van der Waals surface area contributed by atoms with Gasteiger partial charge in [-0.2, -0.15) is 0 Å². The van der Waals surface area contributed by atoms with Crippen LogP contribution in [-0.4, -0.2) is 19.6 Å². The third-order valence-electron chi connectivity index (χ3n) is 3.30. The Morgan fingerprint density at radius 2 is 1.87 bits per heavy atom. The fourth-order valence-corrected chi connectivity index (χ4v) is 2.83. The van der Waals surface area contributed by atoms with E-state index in [1.807, 2.05) is 10.6 Å². The largest absolute Gasteiger partial charge is 0.390 e. The number of rotatable bonds is 4. The van der Waals surface area contributed by atoms with Gasteiger partial charge >= 0.3 is 0 Å². The predicted octanol–water partition coefficient (Wildman–Crippen LogP) is 4.45. The van der Waals surface area contributed by atoms with Gasteiger partial charge in [-0.05, 0) is 29.8 Å². The van der Waals surface area contributed by atoms with Crippen molar-refractivity contribution in [3.63, 3.8) is 0 Å². The average Bonchev–Trinajstić information content (AvgIpc) is 2.94. The molecule has 7 heteroatoms. The van der Waals surface area contributed by atoms with E-state index in [0.717, 1.165) is 11.1 Å². The average molecular weight is 369 g/mol. The molecule has 0 aliphatic rings. The lowest BCUT2D eigenvalue weighted by molar-refractivity contribution is 0.277. The molecule has 3 rings (SSSR count). The summed E-state index contributed by atoms with van der Waals surface area (Å²) in [6.07, 6.45) is 5.00. The standard InChI is InChI=1S/C16H12Cl3N3O/c17-12-1-2-15(19)11(4-12)7-22-8-14(9-23)21-16(22)10-3-13(18)6-20-5-10/h1-6,8,23H,7,9H2. The summed E-state index contributed by atoms with van der Waals surface area (Å²) in [5.41, 5.74) is 2.17. The van der Waals surface area contributed by atoms with E-state index >= 15 is 0 Å². The number of halogens is 3. The zero-order chi connectivity index (χ0) is 16.4. The van der Waals surface area contributed by atoms with Crippen LogP contribution in [0.25, 0.3) is 11.4 Å². The summed E-state index contributed by atoms with van der Waals surface area (Å²) in [5.74, 6) is 0.653. The quantitative estimate of drug-likeness (QED) is 0.740. The van der Waals surface area contributed by atoms with Gasteiger partial charge in [0.2, 0.25) is 0 Å². The van der Waals surface area contributed by atoms with Gasteiger partial charge in [0.15, 0.2) is 0 Å². The van der Waals surface area contributed by atoms with E-state index in [1.54, 1.807) is 36.8 Å². The number of nitrogens with zero attached hydrogens (tertiary/aromatic N) is 3. The van der Waals surface area contributed by atoms with Gasteiger partial charge in [-0.3, -0.25) is 4.98 Å². The van der Waals surface area contributed by atoms with Gasteiger partial charge in [-0.15, -0.1) is 0 Å². The lowest BCUT2D eigenvalue weighted by Gasteiger charge is -2.10. The van der Waals surface area contributed by atoms with Crippen LogP contribution in [0.4, 0.5) is 0 Å². The SMILES string of the molecule is OCc1cn(Cc2cc(Cl)ccc2Cl)c(-c2cncc(Cl)c2)n1. The molecule has 1 N–H and O–H groups in total. The first-order valence-electron chi connectivity index (χ1n) is 6.78.